The van der Waals surface area contributed by atoms with Crippen molar-refractivity contribution in [1.29, 1.82) is 0 Å². The lowest BCUT2D eigenvalue weighted by Crippen LogP contribution is -2.03. The van der Waals surface area contributed by atoms with Crippen molar-refractivity contribution in [3.63, 3.8) is 0 Å². The SMILES string of the molecule is CS(=O)(=O)c1nn(-c2ccccc2)c(N)c1N. The van der Waals surface area contributed by atoms with Crippen molar-refractivity contribution in [1.82, 2.24) is 9.78 Å². The molecule has 0 aliphatic rings. The Morgan fingerprint density at radius 2 is 1.76 bits per heavy atom. The standard InChI is InChI=1S/C10H12N4O2S/c1-17(15,16)10-8(11)9(12)14(13-10)7-5-3-2-4-6-7/h2-6H,11-12H2,1H3. The largest absolute Gasteiger partial charge is 0.393 e. The van der Waals surface area contributed by atoms with Crippen LogP contribution in [0.1, 0.15) is 0 Å². The summed E-state index contributed by atoms with van der Waals surface area (Å²) in [4.78, 5) is 0. The third-order valence-electron chi connectivity index (χ3n) is 2.28. The highest BCUT2D eigenvalue weighted by atomic mass is 32.2. The van der Waals surface area contributed by atoms with Crippen LogP contribution < -0.4 is 11.5 Å². The predicted octanol–water partition coefficient (Wildman–Crippen LogP) is 0.440. The lowest BCUT2D eigenvalue weighted by Gasteiger charge is -2.02. The number of para-hydroxylation sites is 1. The van der Waals surface area contributed by atoms with E-state index in [4.69, 9.17) is 11.5 Å². The van der Waals surface area contributed by atoms with Gasteiger partial charge in [0.2, 0.25) is 5.03 Å². The molecule has 1 aromatic heterocycles. The summed E-state index contributed by atoms with van der Waals surface area (Å²) >= 11 is 0. The Bertz CT molecular complexity index is 646. The number of sulfone groups is 1. The molecule has 2 rings (SSSR count). The molecular weight excluding hydrogens is 240 g/mol. The molecule has 6 nitrogen and oxygen atoms in total. The number of nitrogens with two attached hydrogens (primary N) is 2. The minimum absolute atomic E-state index is 0.0173. The minimum atomic E-state index is -3.48. The van der Waals surface area contributed by atoms with Gasteiger partial charge in [0.15, 0.2) is 15.7 Å². The Balaban J connectivity index is 2.67. The normalized spacial score (nSPS) is 11.6. The van der Waals surface area contributed by atoms with Crippen molar-refractivity contribution in [3.05, 3.63) is 30.3 Å². The Kier molecular flexibility index (Phi) is 2.55. The average molecular weight is 252 g/mol. The van der Waals surface area contributed by atoms with E-state index in [1.165, 1.54) is 4.68 Å². The third-order valence-corrected chi connectivity index (χ3v) is 3.28. The van der Waals surface area contributed by atoms with Gasteiger partial charge in [0.1, 0.15) is 5.69 Å². The van der Waals surface area contributed by atoms with E-state index in [-0.39, 0.29) is 16.5 Å². The molecule has 0 unspecified atom stereocenters. The van der Waals surface area contributed by atoms with Crippen LogP contribution in [0.2, 0.25) is 0 Å². The van der Waals surface area contributed by atoms with Crippen LogP contribution in [0.15, 0.2) is 35.4 Å². The minimum Gasteiger partial charge on any atom is -0.393 e. The van der Waals surface area contributed by atoms with E-state index in [9.17, 15) is 8.42 Å². The smallest absolute Gasteiger partial charge is 0.202 e. The van der Waals surface area contributed by atoms with Gasteiger partial charge in [0.05, 0.1) is 5.69 Å². The van der Waals surface area contributed by atoms with Gasteiger partial charge in [-0.1, -0.05) is 18.2 Å². The third kappa shape index (κ3) is 1.96. The summed E-state index contributed by atoms with van der Waals surface area (Å²) < 4.78 is 24.2. The molecule has 4 N–H and O–H groups in total. The van der Waals surface area contributed by atoms with E-state index < -0.39 is 9.84 Å². The van der Waals surface area contributed by atoms with Gasteiger partial charge in [-0.25, -0.2) is 13.1 Å². The van der Waals surface area contributed by atoms with E-state index in [0.717, 1.165) is 6.26 Å². The van der Waals surface area contributed by atoms with Gasteiger partial charge in [-0.15, -0.1) is 0 Å². The molecule has 0 aliphatic heterocycles. The molecule has 0 bridgehead atoms. The second-order valence-electron chi connectivity index (χ2n) is 3.62. The highest BCUT2D eigenvalue weighted by Crippen LogP contribution is 2.26. The zero-order chi connectivity index (χ0) is 12.6. The lowest BCUT2D eigenvalue weighted by atomic mass is 10.3. The van der Waals surface area contributed by atoms with Crippen molar-refractivity contribution >= 4 is 21.3 Å². The van der Waals surface area contributed by atoms with Crippen LogP contribution >= 0.6 is 0 Å². The zero-order valence-electron chi connectivity index (χ0n) is 9.16. The summed E-state index contributed by atoms with van der Waals surface area (Å²) in [5.41, 5.74) is 12.0. The summed E-state index contributed by atoms with van der Waals surface area (Å²) in [6.07, 6.45) is 1.04. The Morgan fingerprint density at radius 3 is 2.24 bits per heavy atom. The van der Waals surface area contributed by atoms with Crippen LogP contribution in [0.25, 0.3) is 5.69 Å². The first-order valence-corrected chi connectivity index (χ1v) is 6.70. The van der Waals surface area contributed by atoms with Gasteiger partial charge >= 0.3 is 0 Å². The molecule has 0 spiro atoms. The summed E-state index contributed by atoms with van der Waals surface area (Å²) in [7, 11) is -3.48. The van der Waals surface area contributed by atoms with E-state index in [2.05, 4.69) is 5.10 Å². The maximum Gasteiger partial charge on any atom is 0.202 e. The quantitative estimate of drug-likeness (QED) is 0.807. The highest BCUT2D eigenvalue weighted by Gasteiger charge is 2.21. The highest BCUT2D eigenvalue weighted by molar-refractivity contribution is 7.90. The van der Waals surface area contributed by atoms with Crippen molar-refractivity contribution in [3.8, 4) is 5.69 Å². The second-order valence-corrected chi connectivity index (χ2v) is 5.55. The van der Waals surface area contributed by atoms with Crippen molar-refractivity contribution < 1.29 is 8.42 Å². The number of nitrogen functional groups attached to an aromatic ring is 2. The molecule has 1 aromatic carbocycles. The number of hydrogen-bond donors (Lipinski definition) is 2. The number of hydrogen-bond acceptors (Lipinski definition) is 5. The van der Waals surface area contributed by atoms with Crippen molar-refractivity contribution in [2.75, 3.05) is 17.7 Å². The fraction of sp³-hybridized carbons (Fsp3) is 0.100. The van der Waals surface area contributed by atoms with Crippen LogP contribution in [-0.2, 0) is 9.84 Å². The molecule has 0 saturated heterocycles. The van der Waals surface area contributed by atoms with Crippen LogP contribution in [-0.4, -0.2) is 24.5 Å². The van der Waals surface area contributed by atoms with Gasteiger partial charge in [-0.05, 0) is 12.1 Å². The van der Waals surface area contributed by atoms with Gasteiger partial charge in [0.25, 0.3) is 0 Å². The Morgan fingerprint density at radius 1 is 1.18 bits per heavy atom. The van der Waals surface area contributed by atoms with Gasteiger partial charge in [-0.3, -0.25) is 0 Å². The molecule has 2 aromatic rings. The van der Waals surface area contributed by atoms with Gasteiger partial charge < -0.3 is 11.5 Å². The molecule has 1 heterocycles. The molecule has 17 heavy (non-hydrogen) atoms. The van der Waals surface area contributed by atoms with E-state index in [0.29, 0.717) is 5.69 Å². The first kappa shape index (κ1) is 11.5. The van der Waals surface area contributed by atoms with Crippen LogP contribution in [0.5, 0.6) is 0 Å². The second kappa shape index (κ2) is 3.77. The molecule has 90 valence electrons. The fourth-order valence-electron chi connectivity index (χ4n) is 1.46. The predicted molar refractivity (Wildman–Crippen MR) is 65.5 cm³/mol. The zero-order valence-corrected chi connectivity index (χ0v) is 9.98. The Hall–Kier alpha value is -2.02. The molecule has 0 aliphatic carbocycles. The van der Waals surface area contributed by atoms with Crippen LogP contribution in [0, 0.1) is 0 Å². The number of nitrogens with zero attached hydrogens (tertiary/aromatic N) is 2. The van der Waals surface area contributed by atoms with Crippen molar-refractivity contribution in [2.24, 2.45) is 0 Å². The maximum absolute atomic E-state index is 11.4. The summed E-state index contributed by atoms with van der Waals surface area (Å²) in [5, 5.41) is 3.73. The maximum atomic E-state index is 11.4. The number of aromatic nitrogens is 2. The topological polar surface area (TPSA) is 104 Å². The summed E-state index contributed by atoms with van der Waals surface area (Å²) in [6.45, 7) is 0. The molecule has 0 atom stereocenters. The molecule has 0 radical (unpaired) electrons. The molecule has 0 saturated carbocycles. The molecule has 0 amide bonds. The van der Waals surface area contributed by atoms with Gasteiger partial charge in [0, 0.05) is 6.26 Å². The number of benzene rings is 1. The van der Waals surface area contributed by atoms with Crippen molar-refractivity contribution in [2.45, 2.75) is 5.03 Å². The fourth-order valence-corrected chi connectivity index (χ4v) is 2.20. The molecular formula is C10H12N4O2S. The van der Waals surface area contributed by atoms with E-state index in [1.807, 2.05) is 6.07 Å². The molecule has 0 fully saturated rings. The first-order valence-electron chi connectivity index (χ1n) is 4.80. The molecule has 7 heteroatoms. The number of anilines is 2. The number of rotatable bonds is 2. The lowest BCUT2D eigenvalue weighted by molar-refractivity contribution is 0.596. The van der Waals surface area contributed by atoms with E-state index in [1.54, 1.807) is 24.3 Å². The van der Waals surface area contributed by atoms with Crippen LogP contribution in [0.3, 0.4) is 0 Å². The average Bonchev–Trinajstić information content (AvgIpc) is 2.57. The summed E-state index contributed by atoms with van der Waals surface area (Å²) in [6, 6.07) is 8.95. The summed E-state index contributed by atoms with van der Waals surface area (Å²) in [5.74, 6) is 0.122. The Labute approximate surface area is 98.8 Å². The van der Waals surface area contributed by atoms with E-state index >= 15 is 0 Å². The first-order chi connectivity index (χ1) is 7.91. The van der Waals surface area contributed by atoms with Crippen LogP contribution in [0.4, 0.5) is 11.5 Å². The monoisotopic (exact) mass is 252 g/mol. The van der Waals surface area contributed by atoms with Gasteiger partial charge in [-0.2, -0.15) is 5.10 Å².